The van der Waals surface area contributed by atoms with Crippen LogP contribution in [0.2, 0.25) is 5.02 Å². The smallest absolute Gasteiger partial charge is 0.243 e. The van der Waals surface area contributed by atoms with Gasteiger partial charge < -0.3 is 5.32 Å². The first-order valence-corrected chi connectivity index (χ1v) is 12.8. The van der Waals surface area contributed by atoms with Gasteiger partial charge in [-0.1, -0.05) is 66.9 Å². The van der Waals surface area contributed by atoms with E-state index in [2.05, 4.69) is 12.2 Å². The lowest BCUT2D eigenvalue weighted by Gasteiger charge is -2.22. The van der Waals surface area contributed by atoms with Crippen molar-refractivity contribution < 1.29 is 13.2 Å². The molecular weight excluding hydrogens is 456 g/mol. The van der Waals surface area contributed by atoms with Gasteiger partial charge in [-0.15, -0.1) is 0 Å². The van der Waals surface area contributed by atoms with Crippen molar-refractivity contribution in [3.05, 3.63) is 94.5 Å². The van der Waals surface area contributed by atoms with E-state index in [1.807, 2.05) is 31.2 Å². The molecule has 0 heterocycles. The second-order valence-electron chi connectivity index (χ2n) is 8.06. The average Bonchev–Trinajstić information content (AvgIpc) is 2.80. The van der Waals surface area contributed by atoms with Gasteiger partial charge in [-0.05, 0) is 67.3 Å². The van der Waals surface area contributed by atoms with Gasteiger partial charge in [0.05, 0.1) is 11.4 Å². The molecule has 0 saturated carbocycles. The van der Waals surface area contributed by atoms with E-state index in [0.29, 0.717) is 10.7 Å². The van der Waals surface area contributed by atoms with Crippen molar-refractivity contribution in [1.82, 2.24) is 4.31 Å². The molecule has 0 saturated heterocycles. The molecule has 0 aliphatic carbocycles. The molecule has 1 amide bonds. The van der Waals surface area contributed by atoms with Crippen LogP contribution >= 0.6 is 11.6 Å². The van der Waals surface area contributed by atoms with Crippen LogP contribution in [-0.2, 0) is 27.8 Å². The summed E-state index contributed by atoms with van der Waals surface area (Å²) in [6.45, 7) is 3.78. The molecule has 0 atom stereocenters. The molecule has 3 aromatic rings. The number of carbonyl (C=O) groups excluding carboxylic acids is 1. The molecule has 5 nitrogen and oxygen atoms in total. The van der Waals surface area contributed by atoms with Gasteiger partial charge in [0.15, 0.2) is 0 Å². The quantitative estimate of drug-likeness (QED) is 0.394. The van der Waals surface area contributed by atoms with Gasteiger partial charge in [-0.3, -0.25) is 4.79 Å². The summed E-state index contributed by atoms with van der Waals surface area (Å²) in [6, 6.07) is 21.2. The van der Waals surface area contributed by atoms with Crippen molar-refractivity contribution in [2.24, 2.45) is 0 Å². The zero-order chi connectivity index (χ0) is 23.8. The zero-order valence-corrected chi connectivity index (χ0v) is 20.5. The van der Waals surface area contributed by atoms with Crippen molar-refractivity contribution >= 4 is 33.2 Å². The third kappa shape index (κ3) is 7.16. The summed E-state index contributed by atoms with van der Waals surface area (Å²) in [6.07, 6.45) is 3.23. The van der Waals surface area contributed by atoms with Gasteiger partial charge >= 0.3 is 0 Å². The Bertz CT molecular complexity index is 1160. The Kier molecular flexibility index (Phi) is 8.67. The van der Waals surface area contributed by atoms with Crippen LogP contribution in [0.5, 0.6) is 0 Å². The predicted molar refractivity (Wildman–Crippen MR) is 134 cm³/mol. The van der Waals surface area contributed by atoms with E-state index < -0.39 is 15.9 Å². The second kappa shape index (κ2) is 11.5. The normalized spacial score (nSPS) is 11.5. The monoisotopic (exact) mass is 484 g/mol. The van der Waals surface area contributed by atoms with Crippen LogP contribution in [0.4, 0.5) is 5.69 Å². The maximum atomic E-state index is 13.4. The van der Waals surface area contributed by atoms with Gasteiger partial charge in [0, 0.05) is 17.3 Å². The number of halogens is 1. The number of sulfonamides is 1. The van der Waals surface area contributed by atoms with Crippen molar-refractivity contribution in [2.75, 3.05) is 11.9 Å². The van der Waals surface area contributed by atoms with E-state index in [1.165, 1.54) is 9.87 Å². The Labute approximate surface area is 201 Å². The first-order valence-electron chi connectivity index (χ1n) is 11.0. The van der Waals surface area contributed by atoms with E-state index in [-0.39, 0.29) is 18.0 Å². The van der Waals surface area contributed by atoms with E-state index in [9.17, 15) is 13.2 Å². The van der Waals surface area contributed by atoms with Gasteiger partial charge in [0.25, 0.3) is 0 Å². The molecule has 0 aliphatic heterocycles. The summed E-state index contributed by atoms with van der Waals surface area (Å²) in [5.41, 5.74) is 3.54. The highest BCUT2D eigenvalue weighted by Gasteiger charge is 2.27. The second-order valence-corrected chi connectivity index (χ2v) is 10.4. The Hall–Kier alpha value is -2.67. The average molecular weight is 485 g/mol. The van der Waals surface area contributed by atoms with Gasteiger partial charge in [0.1, 0.15) is 0 Å². The number of aryl methyl sites for hydroxylation is 2. The van der Waals surface area contributed by atoms with Gasteiger partial charge in [0.2, 0.25) is 15.9 Å². The largest absolute Gasteiger partial charge is 0.325 e. The van der Waals surface area contributed by atoms with Crippen molar-refractivity contribution in [1.29, 1.82) is 0 Å². The topological polar surface area (TPSA) is 66.5 Å². The Morgan fingerprint density at radius 1 is 0.909 bits per heavy atom. The Morgan fingerprint density at radius 3 is 2.12 bits per heavy atom. The number of hydrogen-bond donors (Lipinski definition) is 1. The fourth-order valence-electron chi connectivity index (χ4n) is 3.37. The number of carbonyl (C=O) groups is 1. The number of rotatable bonds is 10. The van der Waals surface area contributed by atoms with E-state index in [0.717, 1.165) is 30.4 Å². The number of anilines is 1. The maximum absolute atomic E-state index is 13.4. The fraction of sp³-hybridized carbons (Fsp3) is 0.269. The summed E-state index contributed by atoms with van der Waals surface area (Å²) in [4.78, 5) is 13.0. The van der Waals surface area contributed by atoms with Crippen LogP contribution in [0.3, 0.4) is 0 Å². The molecule has 3 aromatic carbocycles. The van der Waals surface area contributed by atoms with Crippen LogP contribution < -0.4 is 5.32 Å². The first-order chi connectivity index (χ1) is 15.8. The lowest BCUT2D eigenvalue weighted by molar-refractivity contribution is -0.116. The SMILES string of the molecule is CCCCc1ccc(NC(=O)CN(Cc2ccc(Cl)cc2)S(=O)(=O)c2ccc(C)cc2)cc1. The van der Waals surface area contributed by atoms with Gasteiger partial charge in [-0.25, -0.2) is 8.42 Å². The summed E-state index contributed by atoms with van der Waals surface area (Å²) in [5, 5.41) is 3.38. The van der Waals surface area contributed by atoms with Gasteiger partial charge in [-0.2, -0.15) is 4.31 Å². The fourth-order valence-corrected chi connectivity index (χ4v) is 4.89. The molecule has 0 unspecified atom stereocenters. The number of amides is 1. The third-order valence-corrected chi connectivity index (χ3v) is 7.37. The van der Waals surface area contributed by atoms with Crippen LogP contribution in [0, 0.1) is 6.92 Å². The molecule has 174 valence electrons. The number of nitrogens with zero attached hydrogens (tertiary/aromatic N) is 1. The van der Waals surface area contributed by atoms with Crippen molar-refractivity contribution in [2.45, 2.75) is 44.6 Å². The van der Waals surface area contributed by atoms with Crippen LogP contribution in [0.15, 0.2) is 77.7 Å². The van der Waals surface area contributed by atoms with Crippen LogP contribution in [0.1, 0.15) is 36.5 Å². The number of benzene rings is 3. The lowest BCUT2D eigenvalue weighted by atomic mass is 10.1. The highest BCUT2D eigenvalue weighted by molar-refractivity contribution is 7.89. The molecule has 0 fully saturated rings. The molecular formula is C26H29ClN2O3S. The number of nitrogens with one attached hydrogen (secondary N) is 1. The maximum Gasteiger partial charge on any atom is 0.243 e. The highest BCUT2D eigenvalue weighted by Crippen LogP contribution is 2.20. The number of unbranched alkanes of at least 4 members (excludes halogenated alkanes) is 1. The molecule has 0 radical (unpaired) electrons. The van der Waals surface area contributed by atoms with E-state index >= 15 is 0 Å². The molecule has 3 rings (SSSR count). The third-order valence-electron chi connectivity index (χ3n) is 5.31. The summed E-state index contributed by atoms with van der Waals surface area (Å²) < 4.78 is 27.9. The molecule has 0 bridgehead atoms. The summed E-state index contributed by atoms with van der Waals surface area (Å²) >= 11 is 5.97. The van der Waals surface area contributed by atoms with Crippen molar-refractivity contribution in [3.63, 3.8) is 0 Å². The zero-order valence-electron chi connectivity index (χ0n) is 18.9. The van der Waals surface area contributed by atoms with Crippen LogP contribution in [0.25, 0.3) is 0 Å². The molecule has 33 heavy (non-hydrogen) atoms. The Balaban J connectivity index is 1.79. The minimum Gasteiger partial charge on any atom is -0.325 e. The lowest BCUT2D eigenvalue weighted by Crippen LogP contribution is -2.37. The summed E-state index contributed by atoms with van der Waals surface area (Å²) in [7, 11) is -3.89. The minimum absolute atomic E-state index is 0.0523. The summed E-state index contributed by atoms with van der Waals surface area (Å²) in [5.74, 6) is -0.402. The number of hydrogen-bond acceptors (Lipinski definition) is 3. The molecule has 7 heteroatoms. The predicted octanol–water partition coefficient (Wildman–Crippen LogP) is 5.82. The van der Waals surface area contributed by atoms with Crippen molar-refractivity contribution in [3.8, 4) is 0 Å². The Morgan fingerprint density at radius 2 is 1.52 bits per heavy atom. The molecule has 1 N–H and O–H groups in total. The van der Waals surface area contributed by atoms with E-state index in [4.69, 9.17) is 11.6 Å². The standard InChI is InChI=1S/C26H29ClN2O3S/c1-3-4-5-21-10-14-24(15-11-21)28-26(30)19-29(18-22-8-12-23(27)13-9-22)33(31,32)25-16-6-20(2)7-17-25/h6-17H,3-5,18-19H2,1-2H3,(H,28,30). The molecule has 0 aliphatic rings. The van der Waals surface area contributed by atoms with E-state index in [1.54, 1.807) is 48.5 Å². The minimum atomic E-state index is -3.89. The molecule has 0 aromatic heterocycles. The first kappa shape index (κ1) is 25.0. The molecule has 0 spiro atoms. The van der Waals surface area contributed by atoms with Crippen LogP contribution in [-0.4, -0.2) is 25.2 Å². The highest BCUT2D eigenvalue weighted by atomic mass is 35.5.